The SMILES string of the molecule is Cc1cc(C)cc(-n2ccnc(NCc3ccc(Cl)cc3)c2=O)c1. The summed E-state index contributed by atoms with van der Waals surface area (Å²) < 4.78 is 1.61. The molecule has 4 nitrogen and oxygen atoms in total. The molecule has 0 unspecified atom stereocenters. The largest absolute Gasteiger partial charge is 0.361 e. The molecule has 0 aliphatic heterocycles. The average Bonchev–Trinajstić information content (AvgIpc) is 2.54. The van der Waals surface area contributed by atoms with Crippen molar-refractivity contribution < 1.29 is 0 Å². The summed E-state index contributed by atoms with van der Waals surface area (Å²) in [6, 6.07) is 13.5. The molecule has 0 radical (unpaired) electrons. The van der Waals surface area contributed by atoms with Crippen LogP contribution in [-0.2, 0) is 6.54 Å². The van der Waals surface area contributed by atoms with Crippen LogP contribution in [0.25, 0.3) is 5.69 Å². The van der Waals surface area contributed by atoms with E-state index >= 15 is 0 Å². The predicted octanol–water partition coefficient (Wildman–Crippen LogP) is 4.11. The Kier molecular flexibility index (Phi) is 4.67. The maximum Gasteiger partial charge on any atom is 0.297 e. The number of rotatable bonds is 4. The summed E-state index contributed by atoms with van der Waals surface area (Å²) >= 11 is 5.88. The van der Waals surface area contributed by atoms with E-state index in [1.54, 1.807) is 17.0 Å². The van der Waals surface area contributed by atoms with Gasteiger partial charge in [0.15, 0.2) is 5.82 Å². The van der Waals surface area contributed by atoms with E-state index in [9.17, 15) is 4.79 Å². The molecule has 0 saturated heterocycles. The molecular formula is C19H18ClN3O. The second-order valence-corrected chi connectivity index (χ2v) is 6.21. The predicted molar refractivity (Wildman–Crippen MR) is 98.1 cm³/mol. The fourth-order valence-corrected chi connectivity index (χ4v) is 2.74. The van der Waals surface area contributed by atoms with Gasteiger partial charge in [0.25, 0.3) is 5.56 Å². The van der Waals surface area contributed by atoms with E-state index in [0.717, 1.165) is 22.4 Å². The number of hydrogen-bond donors (Lipinski definition) is 1. The van der Waals surface area contributed by atoms with Gasteiger partial charge in [-0.1, -0.05) is 29.8 Å². The van der Waals surface area contributed by atoms with Crippen LogP contribution in [0.3, 0.4) is 0 Å². The number of nitrogens with zero attached hydrogens (tertiary/aromatic N) is 2. The highest BCUT2D eigenvalue weighted by molar-refractivity contribution is 6.30. The van der Waals surface area contributed by atoms with Gasteiger partial charge in [-0.3, -0.25) is 9.36 Å². The summed E-state index contributed by atoms with van der Waals surface area (Å²) in [5.74, 6) is 0.326. The Morgan fingerprint density at radius 3 is 2.42 bits per heavy atom. The molecule has 0 atom stereocenters. The Bertz CT molecular complexity index is 896. The minimum Gasteiger partial charge on any atom is -0.361 e. The number of nitrogens with one attached hydrogen (secondary N) is 1. The van der Waals surface area contributed by atoms with E-state index in [4.69, 9.17) is 11.6 Å². The second kappa shape index (κ2) is 6.89. The molecule has 0 aliphatic carbocycles. The topological polar surface area (TPSA) is 46.9 Å². The molecule has 0 saturated carbocycles. The number of halogens is 1. The van der Waals surface area contributed by atoms with Crippen molar-refractivity contribution in [3.8, 4) is 5.69 Å². The van der Waals surface area contributed by atoms with Crippen LogP contribution in [0.2, 0.25) is 5.02 Å². The van der Waals surface area contributed by atoms with Gasteiger partial charge in [0, 0.05) is 29.6 Å². The first-order chi connectivity index (χ1) is 11.5. The number of aryl methyl sites for hydroxylation is 2. The first-order valence-corrected chi connectivity index (χ1v) is 8.05. The van der Waals surface area contributed by atoms with Crippen LogP contribution in [0.5, 0.6) is 0 Å². The highest BCUT2D eigenvalue weighted by Crippen LogP contribution is 2.13. The maximum atomic E-state index is 12.7. The summed E-state index contributed by atoms with van der Waals surface area (Å²) in [6.07, 6.45) is 3.31. The zero-order valence-electron chi connectivity index (χ0n) is 13.6. The first-order valence-electron chi connectivity index (χ1n) is 7.67. The van der Waals surface area contributed by atoms with Crippen LogP contribution in [0.4, 0.5) is 5.82 Å². The van der Waals surface area contributed by atoms with Crippen molar-refractivity contribution in [3.05, 3.63) is 86.9 Å². The molecule has 3 rings (SSSR count). The monoisotopic (exact) mass is 339 g/mol. The second-order valence-electron chi connectivity index (χ2n) is 5.78. The first kappa shape index (κ1) is 16.3. The number of benzene rings is 2. The zero-order chi connectivity index (χ0) is 17.1. The van der Waals surface area contributed by atoms with E-state index in [-0.39, 0.29) is 5.56 Å². The van der Waals surface area contributed by atoms with E-state index in [0.29, 0.717) is 17.4 Å². The Morgan fingerprint density at radius 2 is 1.75 bits per heavy atom. The lowest BCUT2D eigenvalue weighted by Gasteiger charge is -2.11. The van der Waals surface area contributed by atoms with E-state index in [1.165, 1.54) is 0 Å². The summed E-state index contributed by atoms with van der Waals surface area (Å²) in [4.78, 5) is 16.9. The molecule has 5 heteroatoms. The molecule has 122 valence electrons. The highest BCUT2D eigenvalue weighted by Gasteiger charge is 2.07. The molecule has 0 spiro atoms. The molecule has 1 aromatic heterocycles. The van der Waals surface area contributed by atoms with Gasteiger partial charge in [-0.25, -0.2) is 4.98 Å². The normalized spacial score (nSPS) is 10.6. The van der Waals surface area contributed by atoms with Crippen LogP contribution in [0, 0.1) is 13.8 Å². The van der Waals surface area contributed by atoms with Gasteiger partial charge in [0.2, 0.25) is 0 Å². The fraction of sp³-hybridized carbons (Fsp3) is 0.158. The summed E-state index contributed by atoms with van der Waals surface area (Å²) in [5.41, 5.74) is 3.93. The quantitative estimate of drug-likeness (QED) is 0.778. The van der Waals surface area contributed by atoms with Crippen LogP contribution in [0.1, 0.15) is 16.7 Å². The molecule has 0 bridgehead atoms. The van der Waals surface area contributed by atoms with Crippen LogP contribution >= 0.6 is 11.6 Å². The third-order valence-corrected chi connectivity index (χ3v) is 3.95. The highest BCUT2D eigenvalue weighted by atomic mass is 35.5. The number of anilines is 1. The summed E-state index contributed by atoms with van der Waals surface area (Å²) in [5, 5.41) is 3.79. The van der Waals surface area contributed by atoms with Gasteiger partial charge in [-0.05, 0) is 54.8 Å². The zero-order valence-corrected chi connectivity index (χ0v) is 14.3. The van der Waals surface area contributed by atoms with E-state index in [2.05, 4.69) is 16.4 Å². The number of hydrogen-bond acceptors (Lipinski definition) is 3. The lowest BCUT2D eigenvalue weighted by atomic mass is 10.1. The molecule has 0 aliphatic rings. The maximum absolute atomic E-state index is 12.7. The van der Waals surface area contributed by atoms with E-state index < -0.39 is 0 Å². The van der Waals surface area contributed by atoms with Crippen LogP contribution < -0.4 is 10.9 Å². The minimum absolute atomic E-state index is 0.170. The standard InChI is InChI=1S/C19H18ClN3O/c1-13-9-14(2)11-17(10-13)23-8-7-21-18(19(23)24)22-12-15-3-5-16(20)6-4-15/h3-11H,12H2,1-2H3,(H,21,22). The molecule has 0 amide bonds. The molecule has 24 heavy (non-hydrogen) atoms. The van der Waals surface area contributed by atoms with Gasteiger partial charge >= 0.3 is 0 Å². The third kappa shape index (κ3) is 3.66. The molecule has 1 heterocycles. The van der Waals surface area contributed by atoms with Gasteiger partial charge in [-0.2, -0.15) is 0 Å². The van der Waals surface area contributed by atoms with Crippen molar-refractivity contribution in [1.29, 1.82) is 0 Å². The Balaban J connectivity index is 1.88. The average molecular weight is 340 g/mol. The van der Waals surface area contributed by atoms with Gasteiger partial charge in [0.05, 0.1) is 0 Å². The van der Waals surface area contributed by atoms with Crippen LogP contribution in [0.15, 0.2) is 59.7 Å². The molecule has 1 N–H and O–H groups in total. The van der Waals surface area contributed by atoms with Crippen molar-refractivity contribution in [2.45, 2.75) is 20.4 Å². The lowest BCUT2D eigenvalue weighted by Crippen LogP contribution is -2.23. The number of aromatic nitrogens is 2. The van der Waals surface area contributed by atoms with Crippen molar-refractivity contribution in [2.24, 2.45) is 0 Å². The van der Waals surface area contributed by atoms with Gasteiger partial charge in [-0.15, -0.1) is 0 Å². The van der Waals surface area contributed by atoms with Gasteiger partial charge in [0.1, 0.15) is 0 Å². The molecule has 0 fully saturated rings. The van der Waals surface area contributed by atoms with Crippen molar-refractivity contribution in [3.63, 3.8) is 0 Å². The van der Waals surface area contributed by atoms with Crippen molar-refractivity contribution >= 4 is 17.4 Å². The minimum atomic E-state index is -0.170. The summed E-state index contributed by atoms with van der Waals surface area (Å²) in [6.45, 7) is 4.54. The molecule has 2 aromatic carbocycles. The Morgan fingerprint density at radius 1 is 1.08 bits per heavy atom. The third-order valence-electron chi connectivity index (χ3n) is 3.70. The summed E-state index contributed by atoms with van der Waals surface area (Å²) in [7, 11) is 0. The van der Waals surface area contributed by atoms with Crippen molar-refractivity contribution in [1.82, 2.24) is 9.55 Å². The van der Waals surface area contributed by atoms with Crippen LogP contribution in [-0.4, -0.2) is 9.55 Å². The van der Waals surface area contributed by atoms with Crippen molar-refractivity contribution in [2.75, 3.05) is 5.32 Å². The molecule has 3 aromatic rings. The van der Waals surface area contributed by atoms with Gasteiger partial charge < -0.3 is 5.32 Å². The Hall–Kier alpha value is -2.59. The Labute approximate surface area is 145 Å². The fourth-order valence-electron chi connectivity index (χ4n) is 2.61. The van der Waals surface area contributed by atoms with E-state index in [1.807, 2.05) is 50.2 Å². The smallest absolute Gasteiger partial charge is 0.297 e. The molecular weight excluding hydrogens is 322 g/mol. The lowest BCUT2D eigenvalue weighted by molar-refractivity contribution is 0.941.